The van der Waals surface area contributed by atoms with Crippen molar-refractivity contribution in [1.29, 1.82) is 0 Å². The number of rotatable bonds is 7. The maximum atomic E-state index is 12.1. The molecule has 4 heteroatoms. The Balaban J connectivity index is 1.89. The SMILES string of the molecule is CCCN1CCN(c2ccc(NC(=O)C(CC)CC)cc2)CC1. The van der Waals surface area contributed by atoms with Crippen molar-refractivity contribution < 1.29 is 4.79 Å². The number of anilines is 2. The zero-order chi connectivity index (χ0) is 16.7. The lowest BCUT2D eigenvalue weighted by Gasteiger charge is -2.36. The standard InChI is InChI=1S/C19H31N3O/c1-4-11-21-12-14-22(15-13-21)18-9-7-17(8-10-18)20-19(23)16(5-2)6-3/h7-10,16H,4-6,11-15H2,1-3H3,(H,20,23). The first-order chi connectivity index (χ1) is 11.2. The Morgan fingerprint density at radius 3 is 2.17 bits per heavy atom. The van der Waals surface area contributed by atoms with Gasteiger partial charge in [-0.2, -0.15) is 0 Å². The Bertz CT molecular complexity index is 474. The van der Waals surface area contributed by atoms with Gasteiger partial charge in [-0.1, -0.05) is 20.8 Å². The molecule has 1 aliphatic rings. The average molecular weight is 317 g/mol. The number of hydrogen-bond acceptors (Lipinski definition) is 3. The lowest BCUT2D eigenvalue weighted by atomic mass is 10.0. The Kier molecular flexibility index (Phi) is 6.90. The molecule has 1 N–H and O–H groups in total. The predicted molar refractivity (Wildman–Crippen MR) is 98.1 cm³/mol. The van der Waals surface area contributed by atoms with Gasteiger partial charge < -0.3 is 10.2 Å². The van der Waals surface area contributed by atoms with Gasteiger partial charge in [0.1, 0.15) is 0 Å². The summed E-state index contributed by atoms with van der Waals surface area (Å²) in [6.07, 6.45) is 3.01. The van der Waals surface area contributed by atoms with Gasteiger partial charge in [-0.05, 0) is 50.1 Å². The summed E-state index contributed by atoms with van der Waals surface area (Å²) >= 11 is 0. The van der Waals surface area contributed by atoms with E-state index >= 15 is 0 Å². The molecule has 0 atom stereocenters. The Hall–Kier alpha value is -1.55. The highest BCUT2D eigenvalue weighted by Gasteiger charge is 2.17. The van der Waals surface area contributed by atoms with E-state index in [2.05, 4.69) is 48.0 Å². The lowest BCUT2D eigenvalue weighted by molar-refractivity contribution is -0.120. The van der Waals surface area contributed by atoms with E-state index in [4.69, 9.17) is 0 Å². The third-order valence-electron chi connectivity index (χ3n) is 4.77. The molecular formula is C19H31N3O. The number of hydrogen-bond donors (Lipinski definition) is 1. The quantitative estimate of drug-likeness (QED) is 0.835. The van der Waals surface area contributed by atoms with Crippen LogP contribution in [-0.2, 0) is 4.79 Å². The summed E-state index contributed by atoms with van der Waals surface area (Å²) in [5.74, 6) is 0.247. The minimum absolute atomic E-state index is 0.112. The summed E-state index contributed by atoms with van der Waals surface area (Å²) in [4.78, 5) is 17.1. The van der Waals surface area contributed by atoms with E-state index in [0.29, 0.717) is 0 Å². The van der Waals surface area contributed by atoms with Crippen molar-refractivity contribution >= 4 is 17.3 Å². The van der Waals surface area contributed by atoms with Gasteiger partial charge >= 0.3 is 0 Å². The number of nitrogens with zero attached hydrogens (tertiary/aromatic N) is 2. The molecule has 1 amide bonds. The normalized spacial score (nSPS) is 15.9. The number of carbonyl (C=O) groups excluding carboxylic acids is 1. The number of amides is 1. The first-order valence-corrected chi connectivity index (χ1v) is 9.06. The van der Waals surface area contributed by atoms with E-state index < -0.39 is 0 Å². The third-order valence-corrected chi connectivity index (χ3v) is 4.77. The van der Waals surface area contributed by atoms with Gasteiger partial charge in [-0.3, -0.25) is 9.69 Å². The second kappa shape index (κ2) is 8.92. The van der Waals surface area contributed by atoms with Crippen molar-refractivity contribution in [2.24, 2.45) is 5.92 Å². The topological polar surface area (TPSA) is 35.6 Å². The molecule has 1 heterocycles. The highest BCUT2D eigenvalue weighted by Crippen LogP contribution is 2.20. The molecule has 1 fully saturated rings. The maximum absolute atomic E-state index is 12.1. The van der Waals surface area contributed by atoms with Gasteiger partial charge in [0.25, 0.3) is 0 Å². The highest BCUT2D eigenvalue weighted by atomic mass is 16.1. The van der Waals surface area contributed by atoms with Crippen LogP contribution >= 0.6 is 0 Å². The molecule has 0 aliphatic carbocycles. The van der Waals surface area contributed by atoms with Crippen LogP contribution in [0.5, 0.6) is 0 Å². The molecule has 0 saturated carbocycles. The predicted octanol–water partition coefficient (Wildman–Crippen LogP) is 3.59. The van der Waals surface area contributed by atoms with Gasteiger partial charge in [0.05, 0.1) is 0 Å². The van der Waals surface area contributed by atoms with Crippen molar-refractivity contribution in [1.82, 2.24) is 4.90 Å². The van der Waals surface area contributed by atoms with E-state index in [0.717, 1.165) is 44.7 Å². The van der Waals surface area contributed by atoms with Crippen LogP contribution < -0.4 is 10.2 Å². The summed E-state index contributed by atoms with van der Waals surface area (Å²) in [5, 5.41) is 3.03. The van der Waals surface area contributed by atoms with E-state index in [1.165, 1.54) is 18.7 Å². The van der Waals surface area contributed by atoms with Gasteiger partial charge in [-0.25, -0.2) is 0 Å². The van der Waals surface area contributed by atoms with Crippen LogP contribution in [0.25, 0.3) is 0 Å². The molecule has 1 aromatic rings. The second-order valence-corrected chi connectivity index (χ2v) is 6.38. The molecule has 1 aliphatic heterocycles. The van der Waals surface area contributed by atoms with Crippen LogP contribution in [0.4, 0.5) is 11.4 Å². The van der Waals surface area contributed by atoms with Crippen LogP contribution in [-0.4, -0.2) is 43.5 Å². The van der Waals surface area contributed by atoms with E-state index in [9.17, 15) is 4.79 Å². The van der Waals surface area contributed by atoms with Crippen LogP contribution in [0.1, 0.15) is 40.0 Å². The molecule has 128 valence electrons. The molecule has 0 spiro atoms. The second-order valence-electron chi connectivity index (χ2n) is 6.38. The molecule has 2 rings (SSSR count). The van der Waals surface area contributed by atoms with E-state index in [1.54, 1.807) is 0 Å². The van der Waals surface area contributed by atoms with Crippen molar-refractivity contribution in [3.05, 3.63) is 24.3 Å². The van der Waals surface area contributed by atoms with E-state index in [1.807, 2.05) is 12.1 Å². The molecule has 0 unspecified atom stereocenters. The first kappa shape index (κ1) is 17.8. The maximum Gasteiger partial charge on any atom is 0.227 e. The fourth-order valence-electron chi connectivity index (χ4n) is 3.21. The summed E-state index contributed by atoms with van der Waals surface area (Å²) < 4.78 is 0. The first-order valence-electron chi connectivity index (χ1n) is 9.06. The zero-order valence-electron chi connectivity index (χ0n) is 14.8. The molecule has 4 nitrogen and oxygen atoms in total. The molecule has 0 radical (unpaired) electrons. The Morgan fingerprint density at radius 2 is 1.65 bits per heavy atom. The lowest BCUT2D eigenvalue weighted by Crippen LogP contribution is -2.46. The van der Waals surface area contributed by atoms with Crippen LogP contribution in [0.15, 0.2) is 24.3 Å². The van der Waals surface area contributed by atoms with Crippen LogP contribution in [0.3, 0.4) is 0 Å². The number of benzene rings is 1. The number of nitrogens with one attached hydrogen (secondary N) is 1. The minimum atomic E-state index is 0.112. The largest absolute Gasteiger partial charge is 0.369 e. The van der Waals surface area contributed by atoms with Crippen molar-refractivity contribution in [3.63, 3.8) is 0 Å². The summed E-state index contributed by atoms with van der Waals surface area (Å²) in [6.45, 7) is 12.0. The average Bonchev–Trinajstić information content (AvgIpc) is 2.58. The summed E-state index contributed by atoms with van der Waals surface area (Å²) in [5.41, 5.74) is 2.15. The van der Waals surface area contributed by atoms with Crippen molar-refractivity contribution in [2.45, 2.75) is 40.0 Å². The summed E-state index contributed by atoms with van der Waals surface area (Å²) in [7, 11) is 0. The summed E-state index contributed by atoms with van der Waals surface area (Å²) in [6, 6.07) is 8.29. The fraction of sp³-hybridized carbons (Fsp3) is 0.632. The molecule has 23 heavy (non-hydrogen) atoms. The fourth-order valence-corrected chi connectivity index (χ4v) is 3.21. The van der Waals surface area contributed by atoms with Gasteiger partial charge in [-0.15, -0.1) is 0 Å². The smallest absolute Gasteiger partial charge is 0.227 e. The van der Waals surface area contributed by atoms with Gasteiger partial charge in [0.15, 0.2) is 0 Å². The number of carbonyl (C=O) groups is 1. The van der Waals surface area contributed by atoms with E-state index in [-0.39, 0.29) is 11.8 Å². The van der Waals surface area contributed by atoms with Gasteiger partial charge in [0.2, 0.25) is 5.91 Å². The van der Waals surface area contributed by atoms with Crippen molar-refractivity contribution in [2.75, 3.05) is 42.9 Å². The van der Waals surface area contributed by atoms with Gasteiger partial charge in [0, 0.05) is 43.5 Å². The molecule has 0 bridgehead atoms. The van der Waals surface area contributed by atoms with Crippen molar-refractivity contribution in [3.8, 4) is 0 Å². The Morgan fingerprint density at radius 1 is 1.04 bits per heavy atom. The number of piperazine rings is 1. The van der Waals surface area contributed by atoms with Crippen LogP contribution in [0, 0.1) is 5.92 Å². The third kappa shape index (κ3) is 4.96. The minimum Gasteiger partial charge on any atom is -0.369 e. The molecular weight excluding hydrogens is 286 g/mol. The Labute approximate surface area is 140 Å². The molecule has 1 aromatic carbocycles. The monoisotopic (exact) mass is 317 g/mol. The highest BCUT2D eigenvalue weighted by molar-refractivity contribution is 5.92. The van der Waals surface area contributed by atoms with Crippen LogP contribution in [0.2, 0.25) is 0 Å². The molecule has 1 saturated heterocycles. The zero-order valence-corrected chi connectivity index (χ0v) is 14.8. The molecule has 0 aromatic heterocycles.